The maximum absolute atomic E-state index is 9.29. The fourth-order valence-electron chi connectivity index (χ4n) is 2.68. The molecule has 0 aliphatic heterocycles. The van der Waals surface area contributed by atoms with Crippen LogP contribution in [0.1, 0.15) is 24.1 Å². The normalized spacial score (nSPS) is 10.2. The van der Waals surface area contributed by atoms with Crippen molar-refractivity contribution in [1.29, 1.82) is 5.26 Å². The minimum Gasteiger partial charge on any atom is -0.497 e. The van der Waals surface area contributed by atoms with Gasteiger partial charge >= 0.3 is 0 Å². The Morgan fingerprint density at radius 2 is 1.66 bits per heavy atom. The van der Waals surface area contributed by atoms with Crippen molar-refractivity contribution in [3.63, 3.8) is 0 Å². The fourth-order valence-corrected chi connectivity index (χ4v) is 2.68. The van der Waals surface area contributed by atoms with E-state index in [0.29, 0.717) is 30.7 Å². The molecule has 0 amide bonds. The molecule has 0 spiro atoms. The van der Waals surface area contributed by atoms with Crippen molar-refractivity contribution in [1.82, 2.24) is 4.98 Å². The molecule has 1 N–H and O–H groups in total. The van der Waals surface area contributed by atoms with Crippen LogP contribution in [0.5, 0.6) is 17.2 Å². The molecule has 150 valence electrons. The van der Waals surface area contributed by atoms with Crippen LogP contribution < -0.4 is 19.5 Å². The van der Waals surface area contributed by atoms with Gasteiger partial charge in [0.15, 0.2) is 6.61 Å². The molecule has 29 heavy (non-hydrogen) atoms. The number of oxazole rings is 1. The SMILES string of the molecule is CCOc1ccc(OCc2nc(C#N)c(NCCc3ccc(OC)cc3)o2)cc1. The Balaban J connectivity index is 1.53. The van der Waals surface area contributed by atoms with Crippen molar-refractivity contribution in [3.8, 4) is 23.3 Å². The summed E-state index contributed by atoms with van der Waals surface area (Å²) in [5.41, 5.74) is 1.36. The molecule has 0 aliphatic rings. The Kier molecular flexibility index (Phi) is 6.95. The molecule has 0 aliphatic carbocycles. The van der Waals surface area contributed by atoms with Gasteiger partial charge in [-0.25, -0.2) is 0 Å². The monoisotopic (exact) mass is 393 g/mol. The molecule has 0 saturated carbocycles. The first-order valence-electron chi connectivity index (χ1n) is 9.34. The summed E-state index contributed by atoms with van der Waals surface area (Å²) in [5.74, 6) is 2.96. The summed E-state index contributed by atoms with van der Waals surface area (Å²) in [6.45, 7) is 3.28. The summed E-state index contributed by atoms with van der Waals surface area (Å²) in [4.78, 5) is 4.18. The Morgan fingerprint density at radius 1 is 1.00 bits per heavy atom. The molecule has 0 fully saturated rings. The maximum atomic E-state index is 9.29. The Morgan fingerprint density at radius 3 is 2.28 bits per heavy atom. The average molecular weight is 393 g/mol. The second-order valence-electron chi connectivity index (χ2n) is 6.12. The topological polar surface area (TPSA) is 89.5 Å². The predicted molar refractivity (Wildman–Crippen MR) is 108 cm³/mol. The number of benzene rings is 2. The molecular weight excluding hydrogens is 370 g/mol. The molecule has 0 bridgehead atoms. The lowest BCUT2D eigenvalue weighted by Gasteiger charge is -2.06. The van der Waals surface area contributed by atoms with E-state index in [2.05, 4.69) is 10.3 Å². The number of hydrogen-bond acceptors (Lipinski definition) is 7. The van der Waals surface area contributed by atoms with E-state index < -0.39 is 0 Å². The number of hydrogen-bond donors (Lipinski definition) is 1. The number of aromatic nitrogens is 1. The zero-order valence-electron chi connectivity index (χ0n) is 16.5. The predicted octanol–water partition coefficient (Wildman–Crippen LogP) is 4.19. The van der Waals surface area contributed by atoms with E-state index in [1.165, 1.54) is 0 Å². The minimum atomic E-state index is 0.128. The standard InChI is InChI=1S/C22H23N3O4/c1-3-27-18-8-10-19(11-9-18)28-15-21-25-20(14-23)22(29-21)24-13-12-16-4-6-17(26-2)7-5-16/h4-11,24H,3,12-13,15H2,1-2H3. The molecule has 7 nitrogen and oxygen atoms in total. The Bertz CT molecular complexity index is 944. The average Bonchev–Trinajstić information content (AvgIpc) is 3.16. The Hall–Kier alpha value is -3.66. The van der Waals surface area contributed by atoms with E-state index in [9.17, 15) is 5.26 Å². The van der Waals surface area contributed by atoms with Gasteiger partial charge in [0.2, 0.25) is 17.5 Å². The summed E-state index contributed by atoms with van der Waals surface area (Å²) >= 11 is 0. The van der Waals surface area contributed by atoms with Crippen LogP contribution in [0.3, 0.4) is 0 Å². The zero-order chi connectivity index (χ0) is 20.5. The van der Waals surface area contributed by atoms with Crippen molar-refractivity contribution >= 4 is 5.88 Å². The van der Waals surface area contributed by atoms with Gasteiger partial charge in [-0.05, 0) is 55.3 Å². The van der Waals surface area contributed by atoms with Crippen molar-refractivity contribution in [2.45, 2.75) is 20.0 Å². The second kappa shape index (κ2) is 10.0. The van der Waals surface area contributed by atoms with Crippen LogP contribution in [0, 0.1) is 11.3 Å². The third kappa shape index (κ3) is 5.66. The second-order valence-corrected chi connectivity index (χ2v) is 6.12. The lowest BCUT2D eigenvalue weighted by atomic mass is 10.1. The Labute approximate surface area is 169 Å². The fraction of sp³-hybridized carbons (Fsp3) is 0.273. The lowest BCUT2D eigenvalue weighted by Crippen LogP contribution is -2.05. The van der Waals surface area contributed by atoms with E-state index in [4.69, 9.17) is 18.6 Å². The summed E-state index contributed by atoms with van der Waals surface area (Å²) in [6, 6.07) is 17.2. The third-order valence-electron chi connectivity index (χ3n) is 4.13. The molecule has 0 radical (unpaired) electrons. The highest BCUT2D eigenvalue weighted by atomic mass is 16.5. The smallest absolute Gasteiger partial charge is 0.236 e. The van der Waals surface area contributed by atoms with Crippen molar-refractivity contribution in [3.05, 3.63) is 65.7 Å². The summed E-state index contributed by atoms with van der Waals surface area (Å²) in [7, 11) is 1.64. The van der Waals surface area contributed by atoms with Gasteiger partial charge < -0.3 is 23.9 Å². The van der Waals surface area contributed by atoms with E-state index in [-0.39, 0.29) is 12.3 Å². The van der Waals surface area contributed by atoms with Gasteiger partial charge in [0, 0.05) is 6.54 Å². The lowest BCUT2D eigenvalue weighted by molar-refractivity contribution is 0.264. The third-order valence-corrected chi connectivity index (χ3v) is 4.13. The molecule has 3 aromatic rings. The molecule has 0 unspecified atom stereocenters. The first-order chi connectivity index (χ1) is 14.2. The summed E-state index contributed by atoms with van der Waals surface area (Å²) < 4.78 is 21.9. The number of nitrogens with one attached hydrogen (secondary N) is 1. The van der Waals surface area contributed by atoms with Crippen molar-refractivity contribution in [2.75, 3.05) is 25.6 Å². The number of nitrogens with zero attached hydrogens (tertiary/aromatic N) is 2. The number of rotatable bonds is 10. The molecule has 0 saturated heterocycles. The van der Waals surface area contributed by atoms with E-state index >= 15 is 0 Å². The molecule has 0 atom stereocenters. The van der Waals surface area contributed by atoms with Crippen LogP contribution >= 0.6 is 0 Å². The van der Waals surface area contributed by atoms with Gasteiger partial charge in [-0.2, -0.15) is 10.2 Å². The zero-order valence-corrected chi connectivity index (χ0v) is 16.5. The first kappa shape index (κ1) is 20.1. The summed E-state index contributed by atoms with van der Waals surface area (Å²) in [6.07, 6.45) is 0.771. The molecular formula is C22H23N3O4. The van der Waals surface area contributed by atoms with Gasteiger partial charge in [-0.3, -0.25) is 0 Å². The molecule has 7 heteroatoms. The van der Waals surface area contributed by atoms with Crippen LogP contribution in [-0.2, 0) is 13.0 Å². The van der Waals surface area contributed by atoms with Gasteiger partial charge in [0.05, 0.1) is 13.7 Å². The van der Waals surface area contributed by atoms with Crippen molar-refractivity contribution in [2.24, 2.45) is 0 Å². The van der Waals surface area contributed by atoms with Crippen LogP contribution in [0.15, 0.2) is 52.9 Å². The minimum absolute atomic E-state index is 0.128. The highest BCUT2D eigenvalue weighted by Gasteiger charge is 2.13. The number of ether oxygens (including phenoxy) is 3. The van der Waals surface area contributed by atoms with E-state index in [0.717, 1.165) is 23.5 Å². The van der Waals surface area contributed by atoms with Gasteiger partial charge in [-0.1, -0.05) is 12.1 Å². The van der Waals surface area contributed by atoms with Crippen LogP contribution in [0.25, 0.3) is 0 Å². The number of methoxy groups -OCH3 is 1. The quantitative estimate of drug-likeness (QED) is 0.552. The number of nitriles is 1. The van der Waals surface area contributed by atoms with Gasteiger partial charge in [0.1, 0.15) is 23.3 Å². The highest BCUT2D eigenvalue weighted by molar-refractivity contribution is 5.45. The molecule has 2 aromatic carbocycles. The number of anilines is 1. The van der Waals surface area contributed by atoms with Gasteiger partial charge in [-0.15, -0.1) is 0 Å². The highest BCUT2D eigenvalue weighted by Crippen LogP contribution is 2.21. The summed E-state index contributed by atoms with van der Waals surface area (Å²) in [5, 5.41) is 12.4. The van der Waals surface area contributed by atoms with Gasteiger partial charge in [0.25, 0.3) is 0 Å². The van der Waals surface area contributed by atoms with E-state index in [1.54, 1.807) is 7.11 Å². The van der Waals surface area contributed by atoms with Crippen LogP contribution in [0.2, 0.25) is 0 Å². The van der Waals surface area contributed by atoms with Crippen LogP contribution in [0.4, 0.5) is 5.88 Å². The maximum Gasteiger partial charge on any atom is 0.236 e. The molecule has 1 heterocycles. The molecule has 3 rings (SSSR count). The molecule has 1 aromatic heterocycles. The van der Waals surface area contributed by atoms with Crippen LogP contribution in [-0.4, -0.2) is 25.2 Å². The first-order valence-corrected chi connectivity index (χ1v) is 9.34. The largest absolute Gasteiger partial charge is 0.497 e. The van der Waals surface area contributed by atoms with E-state index in [1.807, 2.05) is 61.5 Å². The van der Waals surface area contributed by atoms with Crippen molar-refractivity contribution < 1.29 is 18.6 Å².